The zero-order valence-corrected chi connectivity index (χ0v) is 10.9. The molecule has 0 saturated heterocycles. The standard InChI is InChI=1S/C11H17NO6/c1-7(13)5-9(15)17-11(12(3)4)18-10(16)6-8(2)14/h11H,5-6H2,1-4H3. The van der Waals surface area contributed by atoms with Crippen molar-refractivity contribution in [3.05, 3.63) is 0 Å². The molecule has 0 bridgehead atoms. The molecule has 0 heterocycles. The number of carbonyl (C=O) groups excluding carboxylic acids is 4. The molecule has 0 fully saturated rings. The smallest absolute Gasteiger partial charge is 0.317 e. The topological polar surface area (TPSA) is 90.0 Å². The molecular formula is C11H17NO6. The summed E-state index contributed by atoms with van der Waals surface area (Å²) in [5, 5.41) is 0. The molecule has 0 aromatic carbocycles. The minimum absolute atomic E-state index is 0.354. The molecule has 0 N–H and O–H groups in total. The molecule has 0 saturated carbocycles. The Labute approximate surface area is 105 Å². The second-order valence-electron chi connectivity index (χ2n) is 4.01. The number of carbonyl (C=O) groups is 4. The van der Waals surface area contributed by atoms with Crippen LogP contribution >= 0.6 is 0 Å². The third kappa shape index (κ3) is 7.50. The number of hydrogen-bond donors (Lipinski definition) is 0. The zero-order valence-electron chi connectivity index (χ0n) is 10.9. The van der Waals surface area contributed by atoms with Crippen molar-refractivity contribution in [1.82, 2.24) is 4.90 Å². The van der Waals surface area contributed by atoms with Crippen LogP contribution in [-0.4, -0.2) is 48.9 Å². The third-order valence-corrected chi connectivity index (χ3v) is 1.67. The lowest BCUT2D eigenvalue weighted by Crippen LogP contribution is -2.37. The summed E-state index contributed by atoms with van der Waals surface area (Å²) >= 11 is 0. The second-order valence-corrected chi connectivity index (χ2v) is 4.01. The van der Waals surface area contributed by atoms with Crippen LogP contribution in [0.5, 0.6) is 0 Å². The molecule has 0 aromatic heterocycles. The zero-order chi connectivity index (χ0) is 14.3. The normalized spacial score (nSPS) is 10.3. The van der Waals surface area contributed by atoms with Crippen molar-refractivity contribution in [2.24, 2.45) is 0 Å². The molecule has 0 aliphatic rings. The predicted octanol–water partition coefficient (Wildman–Crippen LogP) is -0.124. The van der Waals surface area contributed by atoms with Crippen LogP contribution in [0.25, 0.3) is 0 Å². The van der Waals surface area contributed by atoms with E-state index in [1.54, 1.807) is 0 Å². The van der Waals surface area contributed by atoms with Gasteiger partial charge in [0.25, 0.3) is 0 Å². The Bertz CT molecular complexity index is 319. The highest BCUT2D eigenvalue weighted by Gasteiger charge is 2.22. The van der Waals surface area contributed by atoms with Crippen molar-refractivity contribution >= 4 is 23.5 Å². The molecule has 0 rings (SSSR count). The molecule has 0 radical (unpaired) electrons. The third-order valence-electron chi connectivity index (χ3n) is 1.67. The van der Waals surface area contributed by atoms with Gasteiger partial charge in [0.1, 0.15) is 24.4 Å². The van der Waals surface area contributed by atoms with Gasteiger partial charge in [0, 0.05) is 0 Å². The summed E-state index contributed by atoms with van der Waals surface area (Å²) in [4.78, 5) is 45.2. The van der Waals surface area contributed by atoms with Crippen LogP contribution in [0.3, 0.4) is 0 Å². The SMILES string of the molecule is CC(=O)CC(=O)OC(OC(=O)CC(C)=O)N(C)C. The summed E-state index contributed by atoms with van der Waals surface area (Å²) in [6.07, 6.45) is -2.04. The number of rotatable bonds is 7. The Morgan fingerprint density at radius 3 is 1.44 bits per heavy atom. The van der Waals surface area contributed by atoms with Crippen molar-refractivity contribution in [3.8, 4) is 0 Å². The van der Waals surface area contributed by atoms with Crippen LogP contribution in [0.2, 0.25) is 0 Å². The molecule has 18 heavy (non-hydrogen) atoms. The van der Waals surface area contributed by atoms with Gasteiger partial charge in [-0.3, -0.25) is 19.2 Å². The van der Waals surface area contributed by atoms with Crippen LogP contribution in [0.15, 0.2) is 0 Å². The van der Waals surface area contributed by atoms with E-state index in [9.17, 15) is 19.2 Å². The summed E-state index contributed by atoms with van der Waals surface area (Å²) < 4.78 is 9.57. The largest absolute Gasteiger partial charge is 0.410 e. The molecule has 7 heteroatoms. The number of ether oxygens (including phenoxy) is 2. The van der Waals surface area contributed by atoms with Gasteiger partial charge in [-0.15, -0.1) is 0 Å². The van der Waals surface area contributed by atoms with Crippen molar-refractivity contribution in [2.45, 2.75) is 33.1 Å². The van der Waals surface area contributed by atoms with Crippen LogP contribution in [0.4, 0.5) is 0 Å². The maximum atomic E-state index is 11.2. The van der Waals surface area contributed by atoms with Crippen molar-refractivity contribution < 1.29 is 28.7 Å². The number of esters is 2. The molecule has 0 amide bonds. The first-order chi connectivity index (χ1) is 8.22. The van der Waals surface area contributed by atoms with Gasteiger partial charge < -0.3 is 9.47 Å². The predicted molar refractivity (Wildman–Crippen MR) is 60.3 cm³/mol. The van der Waals surface area contributed by atoms with Crippen molar-refractivity contribution in [3.63, 3.8) is 0 Å². The van der Waals surface area contributed by atoms with Gasteiger partial charge in [0.2, 0.25) is 0 Å². The first-order valence-corrected chi connectivity index (χ1v) is 5.26. The summed E-state index contributed by atoms with van der Waals surface area (Å²) in [5.74, 6) is -2.30. The highest BCUT2D eigenvalue weighted by Crippen LogP contribution is 2.03. The monoisotopic (exact) mass is 259 g/mol. The van der Waals surface area contributed by atoms with Gasteiger partial charge in [0.05, 0.1) is 0 Å². The number of nitrogens with zero attached hydrogens (tertiary/aromatic N) is 1. The van der Waals surface area contributed by atoms with Crippen LogP contribution in [0, 0.1) is 0 Å². The Hall–Kier alpha value is -1.76. The van der Waals surface area contributed by atoms with Gasteiger partial charge in [0.15, 0.2) is 0 Å². The molecule has 0 aliphatic carbocycles. The van der Waals surface area contributed by atoms with Gasteiger partial charge in [-0.2, -0.15) is 0 Å². The second kappa shape index (κ2) is 7.54. The Balaban J connectivity index is 4.39. The average Bonchev–Trinajstić information content (AvgIpc) is 2.13. The lowest BCUT2D eigenvalue weighted by molar-refractivity contribution is -0.214. The van der Waals surface area contributed by atoms with Gasteiger partial charge in [-0.25, -0.2) is 4.90 Å². The molecule has 102 valence electrons. The van der Waals surface area contributed by atoms with Gasteiger partial charge in [-0.1, -0.05) is 0 Å². The van der Waals surface area contributed by atoms with E-state index in [2.05, 4.69) is 0 Å². The average molecular weight is 259 g/mol. The van der Waals surface area contributed by atoms with E-state index < -0.39 is 31.2 Å². The van der Waals surface area contributed by atoms with E-state index >= 15 is 0 Å². The summed E-state index contributed by atoms with van der Waals surface area (Å²) in [6, 6.07) is 0. The minimum Gasteiger partial charge on any atom is -0.410 e. The Morgan fingerprint density at radius 2 is 1.22 bits per heavy atom. The fourth-order valence-corrected chi connectivity index (χ4v) is 0.950. The fourth-order valence-electron chi connectivity index (χ4n) is 0.950. The molecule has 0 atom stereocenters. The Kier molecular flexibility index (Phi) is 6.81. The fraction of sp³-hybridized carbons (Fsp3) is 0.636. The molecule has 0 spiro atoms. The lowest BCUT2D eigenvalue weighted by atomic mass is 10.3. The summed E-state index contributed by atoms with van der Waals surface area (Å²) in [5.41, 5.74) is 0. The quantitative estimate of drug-likeness (QED) is 0.357. The van der Waals surface area contributed by atoms with E-state index in [0.29, 0.717) is 0 Å². The van der Waals surface area contributed by atoms with Crippen molar-refractivity contribution in [2.75, 3.05) is 14.1 Å². The van der Waals surface area contributed by atoms with E-state index in [1.165, 1.54) is 32.8 Å². The van der Waals surface area contributed by atoms with E-state index in [4.69, 9.17) is 9.47 Å². The first-order valence-electron chi connectivity index (χ1n) is 5.26. The van der Waals surface area contributed by atoms with E-state index in [0.717, 1.165) is 0 Å². The molecule has 7 nitrogen and oxygen atoms in total. The van der Waals surface area contributed by atoms with Crippen LogP contribution in [-0.2, 0) is 28.7 Å². The number of hydrogen-bond acceptors (Lipinski definition) is 7. The van der Waals surface area contributed by atoms with Gasteiger partial charge in [-0.05, 0) is 27.9 Å². The van der Waals surface area contributed by atoms with E-state index in [1.807, 2.05) is 0 Å². The number of ketones is 2. The number of Topliss-reactive ketones (excluding diaryl/α,β-unsaturated/α-hetero) is 2. The van der Waals surface area contributed by atoms with E-state index in [-0.39, 0.29) is 11.6 Å². The highest BCUT2D eigenvalue weighted by atomic mass is 16.7. The lowest BCUT2D eigenvalue weighted by Gasteiger charge is -2.23. The Morgan fingerprint density at radius 1 is 0.889 bits per heavy atom. The maximum absolute atomic E-state index is 11.2. The molecular weight excluding hydrogens is 242 g/mol. The van der Waals surface area contributed by atoms with Crippen molar-refractivity contribution in [1.29, 1.82) is 0 Å². The first kappa shape index (κ1) is 16.2. The van der Waals surface area contributed by atoms with Gasteiger partial charge >= 0.3 is 18.4 Å². The molecule has 0 unspecified atom stereocenters. The molecule has 0 aliphatic heterocycles. The van der Waals surface area contributed by atoms with Crippen LogP contribution < -0.4 is 0 Å². The summed E-state index contributed by atoms with van der Waals surface area (Å²) in [6.45, 7) is 2.49. The maximum Gasteiger partial charge on any atom is 0.317 e. The highest BCUT2D eigenvalue weighted by molar-refractivity contribution is 5.95. The van der Waals surface area contributed by atoms with Crippen LogP contribution in [0.1, 0.15) is 26.7 Å². The minimum atomic E-state index is -1.25. The molecule has 0 aromatic rings. The summed E-state index contributed by atoms with van der Waals surface area (Å²) in [7, 11) is 3.04.